The molecular formula is C14H17O3. The maximum Gasteiger partial charge on any atom is 0.263 e. The Balaban J connectivity index is 1.83. The van der Waals surface area contributed by atoms with Crippen LogP contribution >= 0.6 is 0 Å². The van der Waals surface area contributed by atoms with E-state index in [1.807, 2.05) is 36.5 Å². The molecule has 0 N–H and O–H groups in total. The van der Waals surface area contributed by atoms with Gasteiger partial charge in [-0.15, -0.1) is 0 Å². The van der Waals surface area contributed by atoms with Crippen molar-refractivity contribution in [2.24, 2.45) is 0 Å². The van der Waals surface area contributed by atoms with Gasteiger partial charge in [-0.25, -0.2) is 0 Å². The molecule has 0 bridgehead atoms. The lowest BCUT2D eigenvalue weighted by Crippen LogP contribution is -2.22. The summed E-state index contributed by atoms with van der Waals surface area (Å²) >= 11 is 0. The zero-order valence-electron chi connectivity index (χ0n) is 9.80. The van der Waals surface area contributed by atoms with Gasteiger partial charge in [-0.3, -0.25) is 0 Å². The molecule has 0 aromatic heterocycles. The minimum Gasteiger partial charge on any atom is -0.456 e. The third kappa shape index (κ3) is 3.79. The zero-order chi connectivity index (χ0) is 11.9. The number of rotatable bonds is 7. The molecule has 1 radical (unpaired) electrons. The van der Waals surface area contributed by atoms with Crippen LogP contribution in [0.25, 0.3) is 0 Å². The van der Waals surface area contributed by atoms with E-state index in [0.29, 0.717) is 13.2 Å². The van der Waals surface area contributed by atoms with Gasteiger partial charge in [0.1, 0.15) is 18.1 Å². The van der Waals surface area contributed by atoms with E-state index in [4.69, 9.17) is 14.2 Å². The summed E-state index contributed by atoms with van der Waals surface area (Å²) in [6, 6.07) is 0. The van der Waals surface area contributed by atoms with Gasteiger partial charge in [0.2, 0.25) is 0 Å². The highest BCUT2D eigenvalue weighted by molar-refractivity contribution is 5.19. The van der Waals surface area contributed by atoms with E-state index in [1.165, 1.54) is 0 Å². The smallest absolute Gasteiger partial charge is 0.263 e. The van der Waals surface area contributed by atoms with Crippen molar-refractivity contribution in [1.29, 1.82) is 0 Å². The Morgan fingerprint density at radius 1 is 1.06 bits per heavy atom. The fourth-order valence-corrected chi connectivity index (χ4v) is 1.64. The molecule has 2 aliphatic rings. The van der Waals surface area contributed by atoms with Crippen LogP contribution < -0.4 is 0 Å². The van der Waals surface area contributed by atoms with Crippen molar-refractivity contribution in [3.8, 4) is 0 Å². The predicted molar refractivity (Wildman–Crippen MR) is 65.8 cm³/mol. The summed E-state index contributed by atoms with van der Waals surface area (Å²) in [5.41, 5.74) is 0. The first kappa shape index (κ1) is 12.0. The maximum absolute atomic E-state index is 5.73. The molecule has 0 aromatic rings. The van der Waals surface area contributed by atoms with Crippen LogP contribution in [0.4, 0.5) is 0 Å². The summed E-state index contributed by atoms with van der Waals surface area (Å²) in [4.78, 5) is 0. The zero-order valence-corrected chi connectivity index (χ0v) is 9.80. The largest absolute Gasteiger partial charge is 0.456 e. The van der Waals surface area contributed by atoms with E-state index in [9.17, 15) is 0 Å². The second kappa shape index (κ2) is 6.30. The fourth-order valence-electron chi connectivity index (χ4n) is 1.64. The normalized spacial score (nSPS) is 17.5. The van der Waals surface area contributed by atoms with E-state index in [-0.39, 0.29) is 0 Å². The van der Waals surface area contributed by atoms with Crippen LogP contribution in [0.3, 0.4) is 0 Å². The van der Waals surface area contributed by atoms with E-state index >= 15 is 0 Å². The molecule has 0 unspecified atom stereocenters. The molecule has 3 heteroatoms. The summed E-state index contributed by atoms with van der Waals surface area (Å²) in [6.07, 6.45) is 13.2. The van der Waals surface area contributed by atoms with E-state index in [0.717, 1.165) is 24.4 Å². The summed E-state index contributed by atoms with van der Waals surface area (Å²) in [7, 11) is 0. The highest BCUT2D eigenvalue weighted by atomic mass is 16.7. The lowest BCUT2D eigenvalue weighted by atomic mass is 10.4. The topological polar surface area (TPSA) is 27.7 Å². The van der Waals surface area contributed by atoms with Crippen LogP contribution in [-0.2, 0) is 14.2 Å². The SMILES string of the molecule is [CH2]COCC(OC1=CC=CC1)OC1=CC=CC1. The van der Waals surface area contributed by atoms with Crippen LogP contribution in [0.15, 0.2) is 48.0 Å². The number of hydrogen-bond acceptors (Lipinski definition) is 3. The predicted octanol–water partition coefficient (Wildman–Crippen LogP) is 2.88. The van der Waals surface area contributed by atoms with Crippen molar-refractivity contribution in [2.75, 3.05) is 13.2 Å². The first-order valence-electron chi connectivity index (χ1n) is 5.80. The van der Waals surface area contributed by atoms with Crippen molar-refractivity contribution >= 4 is 0 Å². The van der Waals surface area contributed by atoms with Crippen molar-refractivity contribution in [3.63, 3.8) is 0 Å². The van der Waals surface area contributed by atoms with Gasteiger partial charge in [0.05, 0.1) is 0 Å². The highest BCUT2D eigenvalue weighted by Gasteiger charge is 2.16. The molecular weight excluding hydrogens is 216 g/mol. The molecule has 0 heterocycles. The molecule has 2 rings (SSSR count). The Morgan fingerprint density at radius 3 is 2.06 bits per heavy atom. The highest BCUT2D eigenvalue weighted by Crippen LogP contribution is 2.19. The van der Waals surface area contributed by atoms with E-state index in [1.54, 1.807) is 0 Å². The Hall–Kier alpha value is -1.48. The van der Waals surface area contributed by atoms with Gasteiger partial charge in [0, 0.05) is 19.4 Å². The summed E-state index contributed by atoms with van der Waals surface area (Å²) in [5.74, 6) is 1.82. The van der Waals surface area contributed by atoms with E-state index in [2.05, 4.69) is 6.92 Å². The first-order chi connectivity index (χ1) is 8.38. The standard InChI is InChI=1S/C14H17O3/c1-2-15-11-14(16-12-7-3-4-8-12)17-13-9-5-6-10-13/h3-7,9,14H,1-2,8,10-11H2. The quantitative estimate of drug-likeness (QED) is 0.633. The lowest BCUT2D eigenvalue weighted by molar-refractivity contribution is -0.125. The van der Waals surface area contributed by atoms with Crippen molar-refractivity contribution < 1.29 is 14.2 Å². The van der Waals surface area contributed by atoms with Gasteiger partial charge in [0.15, 0.2) is 0 Å². The van der Waals surface area contributed by atoms with Gasteiger partial charge in [0.25, 0.3) is 6.29 Å². The van der Waals surface area contributed by atoms with Crippen LogP contribution in [0, 0.1) is 6.92 Å². The molecule has 0 atom stereocenters. The molecule has 0 amide bonds. The minimum atomic E-state index is -0.394. The number of hydrogen-bond donors (Lipinski definition) is 0. The van der Waals surface area contributed by atoms with Crippen LogP contribution in [0.2, 0.25) is 0 Å². The fraction of sp³-hybridized carbons (Fsp3) is 0.357. The van der Waals surface area contributed by atoms with Crippen molar-refractivity contribution in [2.45, 2.75) is 19.1 Å². The summed E-state index contributed by atoms with van der Waals surface area (Å²) in [5, 5.41) is 0. The summed E-state index contributed by atoms with van der Waals surface area (Å²) in [6.45, 7) is 4.44. The monoisotopic (exact) mass is 233 g/mol. The minimum absolute atomic E-state index is 0.387. The van der Waals surface area contributed by atoms with Crippen molar-refractivity contribution in [3.05, 3.63) is 54.9 Å². The third-order valence-corrected chi connectivity index (χ3v) is 2.44. The molecule has 2 aliphatic carbocycles. The van der Waals surface area contributed by atoms with E-state index < -0.39 is 6.29 Å². The molecule has 3 nitrogen and oxygen atoms in total. The van der Waals surface area contributed by atoms with Gasteiger partial charge < -0.3 is 14.2 Å². The second-order valence-corrected chi connectivity index (χ2v) is 3.77. The van der Waals surface area contributed by atoms with Crippen LogP contribution in [0.5, 0.6) is 0 Å². The van der Waals surface area contributed by atoms with Crippen molar-refractivity contribution in [1.82, 2.24) is 0 Å². The third-order valence-electron chi connectivity index (χ3n) is 2.44. The van der Waals surface area contributed by atoms with Gasteiger partial charge in [-0.2, -0.15) is 0 Å². The molecule has 0 saturated carbocycles. The number of allylic oxidation sites excluding steroid dienone is 6. The molecule has 0 spiro atoms. The molecule has 17 heavy (non-hydrogen) atoms. The van der Waals surface area contributed by atoms with Gasteiger partial charge >= 0.3 is 0 Å². The van der Waals surface area contributed by atoms with Gasteiger partial charge in [-0.1, -0.05) is 24.3 Å². The second-order valence-electron chi connectivity index (χ2n) is 3.77. The molecule has 0 aliphatic heterocycles. The Kier molecular flexibility index (Phi) is 4.45. The summed E-state index contributed by atoms with van der Waals surface area (Å²) < 4.78 is 16.7. The molecule has 0 aromatic carbocycles. The molecule has 91 valence electrons. The Labute approximate surface area is 102 Å². The van der Waals surface area contributed by atoms with Gasteiger partial charge in [-0.05, 0) is 19.1 Å². The average Bonchev–Trinajstić information content (AvgIpc) is 2.99. The number of ether oxygens (including phenoxy) is 3. The lowest BCUT2D eigenvalue weighted by Gasteiger charge is -2.21. The molecule has 0 fully saturated rings. The first-order valence-corrected chi connectivity index (χ1v) is 5.80. The van der Waals surface area contributed by atoms with Crippen LogP contribution in [-0.4, -0.2) is 19.5 Å². The molecule has 0 saturated heterocycles. The van der Waals surface area contributed by atoms with Crippen LogP contribution in [0.1, 0.15) is 12.8 Å². The Bertz CT molecular complexity index is 332. The average molecular weight is 233 g/mol. The Morgan fingerprint density at radius 2 is 1.65 bits per heavy atom. The maximum atomic E-state index is 5.73.